The molecule has 0 bridgehead atoms. The normalized spacial score (nSPS) is 16.7. The van der Waals surface area contributed by atoms with Crippen LogP contribution >= 0.6 is 11.6 Å². The minimum absolute atomic E-state index is 0.0755. The smallest absolute Gasteiger partial charge is 0.190 e. The van der Waals surface area contributed by atoms with Gasteiger partial charge in [0.25, 0.3) is 0 Å². The van der Waals surface area contributed by atoms with Crippen LogP contribution in [0.1, 0.15) is 27.5 Å². The summed E-state index contributed by atoms with van der Waals surface area (Å²) in [5.41, 5.74) is 2.92. The fourth-order valence-electron chi connectivity index (χ4n) is 2.73. The van der Waals surface area contributed by atoms with Crippen molar-refractivity contribution in [3.05, 3.63) is 52.3 Å². The van der Waals surface area contributed by atoms with Gasteiger partial charge in [0.2, 0.25) is 0 Å². The molecule has 1 aliphatic carbocycles. The summed E-state index contributed by atoms with van der Waals surface area (Å²) in [5, 5.41) is 4.69. The van der Waals surface area contributed by atoms with E-state index in [2.05, 4.69) is 16.1 Å². The van der Waals surface area contributed by atoms with Crippen molar-refractivity contribution in [2.75, 3.05) is 20.6 Å². The van der Waals surface area contributed by atoms with Gasteiger partial charge in [-0.15, -0.1) is 0 Å². The standard InChI is InChI=1S/C16H18ClN3O/c1-19(2)7-8-20-15(14(17)10-18-20)16(21)13-9-11-5-3-4-6-12(11)13/h3-6,10,13H,7-9H2,1-2H3. The van der Waals surface area contributed by atoms with Crippen molar-refractivity contribution in [3.63, 3.8) is 0 Å². The van der Waals surface area contributed by atoms with Gasteiger partial charge < -0.3 is 4.90 Å². The number of nitrogens with zero attached hydrogens (tertiary/aromatic N) is 3. The van der Waals surface area contributed by atoms with Crippen LogP contribution < -0.4 is 0 Å². The Morgan fingerprint density at radius 2 is 2.19 bits per heavy atom. The molecule has 4 nitrogen and oxygen atoms in total. The number of halogens is 1. The van der Waals surface area contributed by atoms with Gasteiger partial charge in [-0.2, -0.15) is 5.10 Å². The Morgan fingerprint density at radius 3 is 2.90 bits per heavy atom. The van der Waals surface area contributed by atoms with Crippen LogP contribution in [0, 0.1) is 0 Å². The van der Waals surface area contributed by atoms with Crippen LogP contribution in [0.15, 0.2) is 30.5 Å². The molecule has 110 valence electrons. The average molecular weight is 304 g/mol. The Kier molecular flexibility index (Phi) is 3.83. The summed E-state index contributed by atoms with van der Waals surface area (Å²) in [5.74, 6) is 0.00321. The van der Waals surface area contributed by atoms with Gasteiger partial charge in [-0.1, -0.05) is 35.9 Å². The van der Waals surface area contributed by atoms with Gasteiger partial charge in [0.05, 0.1) is 23.7 Å². The minimum Gasteiger partial charge on any atom is -0.308 e. The number of ketones is 1. The lowest BCUT2D eigenvalue weighted by Gasteiger charge is -2.29. The molecule has 21 heavy (non-hydrogen) atoms. The van der Waals surface area contributed by atoms with Gasteiger partial charge in [0.1, 0.15) is 5.69 Å². The molecule has 0 spiro atoms. The number of hydrogen-bond acceptors (Lipinski definition) is 3. The third-order valence-electron chi connectivity index (χ3n) is 3.96. The SMILES string of the molecule is CN(C)CCn1ncc(Cl)c1C(=O)C1Cc2ccccc21. The van der Waals surface area contributed by atoms with E-state index in [0.29, 0.717) is 17.3 Å². The first-order valence-electron chi connectivity index (χ1n) is 7.06. The molecule has 0 radical (unpaired) electrons. The van der Waals surface area contributed by atoms with E-state index in [-0.39, 0.29) is 11.7 Å². The van der Waals surface area contributed by atoms with Crippen LogP contribution in [0.4, 0.5) is 0 Å². The van der Waals surface area contributed by atoms with Gasteiger partial charge in [-0.05, 0) is 31.6 Å². The molecule has 0 saturated carbocycles. The van der Waals surface area contributed by atoms with Gasteiger partial charge >= 0.3 is 0 Å². The van der Waals surface area contributed by atoms with E-state index >= 15 is 0 Å². The first-order valence-corrected chi connectivity index (χ1v) is 7.43. The average Bonchev–Trinajstić information content (AvgIpc) is 2.79. The van der Waals surface area contributed by atoms with Crippen molar-refractivity contribution in [1.82, 2.24) is 14.7 Å². The van der Waals surface area contributed by atoms with Crippen LogP contribution in [0.3, 0.4) is 0 Å². The summed E-state index contributed by atoms with van der Waals surface area (Å²) in [6.45, 7) is 1.48. The lowest BCUT2D eigenvalue weighted by Crippen LogP contribution is -2.28. The molecule has 2 aromatic rings. The fourth-order valence-corrected chi connectivity index (χ4v) is 2.96. The fraction of sp³-hybridized carbons (Fsp3) is 0.375. The van der Waals surface area contributed by atoms with E-state index in [4.69, 9.17) is 11.6 Å². The second kappa shape index (κ2) is 5.62. The number of carbonyl (C=O) groups is 1. The number of carbonyl (C=O) groups excluding carboxylic acids is 1. The zero-order valence-electron chi connectivity index (χ0n) is 12.2. The minimum atomic E-state index is -0.0755. The predicted molar refractivity (Wildman–Crippen MR) is 83.0 cm³/mol. The Bertz CT molecular complexity index is 678. The molecule has 0 amide bonds. The number of rotatable bonds is 5. The van der Waals surface area contributed by atoms with Crippen LogP contribution in [-0.2, 0) is 13.0 Å². The van der Waals surface area contributed by atoms with Crippen LogP contribution in [0.5, 0.6) is 0 Å². The first-order chi connectivity index (χ1) is 10.1. The highest BCUT2D eigenvalue weighted by Crippen LogP contribution is 2.38. The lowest BCUT2D eigenvalue weighted by molar-refractivity contribution is 0.0937. The quantitative estimate of drug-likeness (QED) is 0.797. The Hall–Kier alpha value is -1.65. The van der Waals surface area contributed by atoms with Crippen LogP contribution in [0.2, 0.25) is 5.02 Å². The van der Waals surface area contributed by atoms with E-state index in [0.717, 1.165) is 18.5 Å². The zero-order valence-corrected chi connectivity index (χ0v) is 13.0. The molecule has 0 fully saturated rings. The molecule has 0 saturated heterocycles. The molecule has 0 aliphatic heterocycles. The van der Waals surface area contributed by atoms with Gasteiger partial charge in [0, 0.05) is 6.54 Å². The molecule has 1 atom stereocenters. The molecule has 1 aromatic heterocycles. The topological polar surface area (TPSA) is 38.1 Å². The summed E-state index contributed by atoms with van der Waals surface area (Å²) >= 11 is 6.19. The lowest BCUT2D eigenvalue weighted by atomic mass is 9.74. The summed E-state index contributed by atoms with van der Waals surface area (Å²) in [6.07, 6.45) is 2.36. The third-order valence-corrected chi connectivity index (χ3v) is 4.23. The maximum atomic E-state index is 12.8. The highest BCUT2D eigenvalue weighted by atomic mass is 35.5. The maximum Gasteiger partial charge on any atom is 0.190 e. The second-order valence-corrected chi connectivity index (χ2v) is 6.09. The van der Waals surface area contributed by atoms with E-state index in [9.17, 15) is 4.79 Å². The second-order valence-electron chi connectivity index (χ2n) is 5.69. The summed E-state index contributed by atoms with van der Waals surface area (Å²) in [6, 6.07) is 8.08. The molecule has 5 heteroatoms. The highest BCUT2D eigenvalue weighted by Gasteiger charge is 2.35. The zero-order chi connectivity index (χ0) is 15.0. The van der Waals surface area contributed by atoms with Gasteiger partial charge in [-0.3, -0.25) is 9.48 Å². The molecular weight excluding hydrogens is 286 g/mol. The molecule has 3 rings (SSSR count). The molecule has 1 unspecified atom stereocenters. The van der Waals surface area contributed by atoms with Crippen molar-refractivity contribution in [2.24, 2.45) is 0 Å². The molecule has 0 N–H and O–H groups in total. The van der Waals surface area contributed by atoms with Crippen molar-refractivity contribution < 1.29 is 4.79 Å². The van der Waals surface area contributed by atoms with Crippen molar-refractivity contribution >= 4 is 17.4 Å². The highest BCUT2D eigenvalue weighted by molar-refractivity contribution is 6.33. The van der Waals surface area contributed by atoms with Crippen molar-refractivity contribution in [2.45, 2.75) is 18.9 Å². The molecule has 1 heterocycles. The summed E-state index contributed by atoms with van der Waals surface area (Å²) in [4.78, 5) is 14.8. The van der Waals surface area contributed by atoms with E-state index < -0.39 is 0 Å². The van der Waals surface area contributed by atoms with E-state index in [1.807, 2.05) is 32.3 Å². The Balaban J connectivity index is 1.84. The van der Waals surface area contributed by atoms with Crippen LogP contribution in [-0.4, -0.2) is 41.1 Å². The first kappa shape index (κ1) is 14.3. The van der Waals surface area contributed by atoms with Crippen molar-refractivity contribution in [3.8, 4) is 0 Å². The summed E-state index contributed by atoms with van der Waals surface area (Å²) in [7, 11) is 3.99. The number of hydrogen-bond donors (Lipinski definition) is 0. The monoisotopic (exact) mass is 303 g/mol. The summed E-state index contributed by atoms with van der Waals surface area (Å²) < 4.78 is 1.73. The van der Waals surface area contributed by atoms with E-state index in [1.54, 1.807) is 10.9 Å². The predicted octanol–water partition coefficient (Wildman–Crippen LogP) is 2.62. The number of benzene rings is 1. The number of likely N-dealkylation sites (N-methyl/N-ethyl adjacent to an activating group) is 1. The molecule has 1 aliphatic rings. The molecule has 1 aromatic carbocycles. The largest absolute Gasteiger partial charge is 0.308 e. The third kappa shape index (κ3) is 2.61. The Labute approximate surface area is 129 Å². The maximum absolute atomic E-state index is 12.8. The number of Topliss-reactive ketones (excluding diaryl/α,β-unsaturated/α-hetero) is 1. The van der Waals surface area contributed by atoms with Crippen molar-refractivity contribution in [1.29, 1.82) is 0 Å². The number of fused-ring (bicyclic) bond motifs is 1. The number of aromatic nitrogens is 2. The Morgan fingerprint density at radius 1 is 1.43 bits per heavy atom. The van der Waals surface area contributed by atoms with Gasteiger partial charge in [0.15, 0.2) is 5.78 Å². The van der Waals surface area contributed by atoms with E-state index in [1.165, 1.54) is 5.56 Å². The van der Waals surface area contributed by atoms with Crippen LogP contribution in [0.25, 0.3) is 0 Å². The molecular formula is C16H18ClN3O. The van der Waals surface area contributed by atoms with Gasteiger partial charge in [-0.25, -0.2) is 0 Å².